The molecule has 1 heteroatoms. The van der Waals surface area contributed by atoms with Crippen LogP contribution < -0.4 is 5.32 Å². The van der Waals surface area contributed by atoms with Crippen LogP contribution in [-0.4, -0.2) is 12.6 Å². The molecule has 2 aromatic carbocycles. The van der Waals surface area contributed by atoms with Crippen LogP contribution in [0, 0.1) is 0 Å². The van der Waals surface area contributed by atoms with Crippen LogP contribution in [0.2, 0.25) is 0 Å². The van der Waals surface area contributed by atoms with Gasteiger partial charge in [-0.25, -0.2) is 0 Å². The molecule has 3 aliphatic rings. The first kappa shape index (κ1) is 20.3. The fraction of sp³-hybridized carbons (Fsp3) is 0.586. The van der Waals surface area contributed by atoms with Gasteiger partial charge in [-0.05, 0) is 79.2 Å². The Morgan fingerprint density at radius 2 is 1.00 bits per heavy atom. The van der Waals surface area contributed by atoms with Crippen LogP contribution in [0.4, 0.5) is 0 Å². The minimum atomic E-state index is 0.480. The van der Waals surface area contributed by atoms with E-state index in [9.17, 15) is 0 Å². The number of hydrogen-bond donors (Lipinski definition) is 1. The molecule has 1 unspecified atom stereocenters. The molecule has 0 spiro atoms. The Morgan fingerprint density at radius 1 is 0.533 bits per heavy atom. The zero-order valence-corrected chi connectivity index (χ0v) is 18.6. The molecule has 3 fully saturated rings. The van der Waals surface area contributed by atoms with E-state index in [1.807, 2.05) is 0 Å². The van der Waals surface area contributed by atoms with Gasteiger partial charge in [-0.15, -0.1) is 0 Å². The van der Waals surface area contributed by atoms with Crippen molar-refractivity contribution < 1.29 is 0 Å². The Balaban J connectivity index is 1.38. The Morgan fingerprint density at radius 3 is 1.40 bits per heavy atom. The molecule has 0 amide bonds. The first-order valence-corrected chi connectivity index (χ1v) is 12.8. The van der Waals surface area contributed by atoms with E-state index in [-0.39, 0.29) is 0 Å². The van der Waals surface area contributed by atoms with Crippen LogP contribution in [0.1, 0.15) is 117 Å². The number of nitrogens with one attached hydrogen (secondary N) is 1. The molecule has 0 aromatic heterocycles. The minimum Gasteiger partial charge on any atom is -0.313 e. The quantitative estimate of drug-likeness (QED) is 0.542. The van der Waals surface area contributed by atoms with Crippen LogP contribution >= 0.6 is 0 Å². The summed E-state index contributed by atoms with van der Waals surface area (Å²) in [6.45, 7) is 1.17. The zero-order chi connectivity index (χ0) is 20.2. The fourth-order valence-electron chi connectivity index (χ4n) is 6.48. The Kier molecular flexibility index (Phi) is 6.56. The van der Waals surface area contributed by atoms with Crippen molar-refractivity contribution in [2.24, 2.45) is 0 Å². The summed E-state index contributed by atoms with van der Waals surface area (Å²) >= 11 is 0. The molecular weight excluding hydrogens is 362 g/mol. The molecule has 2 aromatic rings. The number of rotatable bonds is 5. The Bertz CT molecular complexity index is 711. The second-order valence-corrected chi connectivity index (χ2v) is 10.2. The van der Waals surface area contributed by atoms with E-state index >= 15 is 0 Å². The third kappa shape index (κ3) is 4.52. The Hall–Kier alpha value is -1.60. The summed E-state index contributed by atoms with van der Waals surface area (Å²) in [7, 11) is 0. The normalized spacial score (nSPS) is 23.8. The van der Waals surface area contributed by atoms with Gasteiger partial charge in [0.25, 0.3) is 0 Å². The van der Waals surface area contributed by atoms with Crippen molar-refractivity contribution in [1.29, 1.82) is 0 Å². The lowest BCUT2D eigenvalue weighted by atomic mass is 9.80. The molecule has 2 saturated carbocycles. The van der Waals surface area contributed by atoms with E-state index in [0.717, 1.165) is 11.8 Å². The summed E-state index contributed by atoms with van der Waals surface area (Å²) in [5.74, 6) is 2.07. The summed E-state index contributed by atoms with van der Waals surface area (Å²) in [4.78, 5) is 0. The molecule has 1 nitrogen and oxygen atoms in total. The molecule has 1 saturated heterocycles. The van der Waals surface area contributed by atoms with Crippen molar-refractivity contribution in [1.82, 2.24) is 5.32 Å². The SMILES string of the molecule is c1cc(C(c2ccc(C3CCCCC3)cc2)C2CCCN2)ccc1C1CCCCC1. The van der Waals surface area contributed by atoms with Crippen LogP contribution in [0.3, 0.4) is 0 Å². The molecule has 1 aliphatic heterocycles. The zero-order valence-electron chi connectivity index (χ0n) is 18.6. The van der Waals surface area contributed by atoms with E-state index in [1.54, 1.807) is 11.1 Å². The van der Waals surface area contributed by atoms with E-state index in [0.29, 0.717) is 12.0 Å². The smallest absolute Gasteiger partial charge is 0.0243 e. The van der Waals surface area contributed by atoms with Crippen LogP contribution in [0.15, 0.2) is 48.5 Å². The summed E-state index contributed by atoms with van der Waals surface area (Å²) < 4.78 is 0. The van der Waals surface area contributed by atoms with Crippen molar-refractivity contribution in [2.45, 2.75) is 101 Å². The third-order valence-corrected chi connectivity index (χ3v) is 8.25. The van der Waals surface area contributed by atoms with Gasteiger partial charge in [-0.2, -0.15) is 0 Å². The second-order valence-electron chi connectivity index (χ2n) is 10.2. The van der Waals surface area contributed by atoms with Gasteiger partial charge in [-0.3, -0.25) is 0 Å². The summed E-state index contributed by atoms with van der Waals surface area (Å²) in [5.41, 5.74) is 6.15. The highest BCUT2D eigenvalue weighted by Gasteiger charge is 2.28. The molecular formula is C29H39N. The van der Waals surface area contributed by atoms with Crippen LogP contribution in [-0.2, 0) is 0 Å². The standard InChI is InChI=1S/C29H39N/c1-3-8-22(9-4-1)24-13-17-26(18-14-24)29(28-12-7-21-30-28)27-19-15-25(16-20-27)23-10-5-2-6-11-23/h13-20,22-23,28-30H,1-12,21H2. The topological polar surface area (TPSA) is 12.0 Å². The molecule has 1 heterocycles. The van der Waals surface area contributed by atoms with E-state index in [2.05, 4.69) is 53.8 Å². The lowest BCUT2D eigenvalue weighted by Gasteiger charge is -2.27. The predicted octanol–water partition coefficient (Wildman–Crippen LogP) is 7.67. The second kappa shape index (κ2) is 9.69. The lowest BCUT2D eigenvalue weighted by molar-refractivity contribution is 0.443. The van der Waals surface area contributed by atoms with Gasteiger partial charge in [0.05, 0.1) is 0 Å². The van der Waals surface area contributed by atoms with Crippen molar-refractivity contribution in [3.05, 3.63) is 70.8 Å². The van der Waals surface area contributed by atoms with E-state index in [1.165, 1.54) is 94.7 Å². The summed E-state index contributed by atoms with van der Waals surface area (Å²) in [5, 5.41) is 3.81. The molecule has 1 N–H and O–H groups in total. The largest absolute Gasteiger partial charge is 0.313 e. The van der Waals surface area contributed by atoms with Gasteiger partial charge in [0.15, 0.2) is 0 Å². The minimum absolute atomic E-state index is 0.480. The first-order valence-electron chi connectivity index (χ1n) is 12.8. The van der Waals surface area contributed by atoms with Gasteiger partial charge < -0.3 is 5.32 Å². The van der Waals surface area contributed by atoms with Gasteiger partial charge in [0.2, 0.25) is 0 Å². The maximum absolute atomic E-state index is 3.81. The van der Waals surface area contributed by atoms with Gasteiger partial charge in [0, 0.05) is 12.0 Å². The highest BCUT2D eigenvalue weighted by Crippen LogP contribution is 2.38. The fourth-order valence-corrected chi connectivity index (χ4v) is 6.48. The van der Waals surface area contributed by atoms with Gasteiger partial charge >= 0.3 is 0 Å². The van der Waals surface area contributed by atoms with Gasteiger partial charge in [0.1, 0.15) is 0 Å². The van der Waals surface area contributed by atoms with Crippen molar-refractivity contribution in [3.63, 3.8) is 0 Å². The van der Waals surface area contributed by atoms with E-state index < -0.39 is 0 Å². The average Bonchev–Trinajstić information content (AvgIpc) is 3.36. The van der Waals surface area contributed by atoms with Crippen molar-refractivity contribution >= 4 is 0 Å². The van der Waals surface area contributed by atoms with Crippen molar-refractivity contribution in [3.8, 4) is 0 Å². The van der Waals surface area contributed by atoms with Crippen LogP contribution in [0.25, 0.3) is 0 Å². The molecule has 2 aliphatic carbocycles. The molecule has 1 atom stereocenters. The van der Waals surface area contributed by atoms with Crippen molar-refractivity contribution in [2.75, 3.05) is 6.54 Å². The highest BCUT2D eigenvalue weighted by atomic mass is 14.9. The Labute approximate surface area is 183 Å². The number of benzene rings is 2. The molecule has 30 heavy (non-hydrogen) atoms. The van der Waals surface area contributed by atoms with E-state index in [4.69, 9.17) is 0 Å². The predicted molar refractivity (Wildman–Crippen MR) is 127 cm³/mol. The highest BCUT2D eigenvalue weighted by molar-refractivity contribution is 5.39. The first-order chi connectivity index (χ1) is 14.9. The van der Waals surface area contributed by atoms with Gasteiger partial charge in [-0.1, -0.05) is 87.1 Å². The number of hydrogen-bond acceptors (Lipinski definition) is 1. The maximum atomic E-state index is 3.81. The average molecular weight is 402 g/mol. The van der Waals surface area contributed by atoms with Crippen LogP contribution in [0.5, 0.6) is 0 Å². The molecule has 5 rings (SSSR count). The molecule has 0 bridgehead atoms. The third-order valence-electron chi connectivity index (χ3n) is 8.25. The molecule has 160 valence electrons. The molecule has 0 radical (unpaired) electrons. The summed E-state index contributed by atoms with van der Waals surface area (Å²) in [6, 6.07) is 20.2. The monoisotopic (exact) mass is 401 g/mol. The lowest BCUT2D eigenvalue weighted by Crippen LogP contribution is -2.29. The maximum Gasteiger partial charge on any atom is 0.0243 e. The summed E-state index contributed by atoms with van der Waals surface area (Å²) in [6.07, 6.45) is 16.6.